The van der Waals surface area contributed by atoms with Crippen molar-refractivity contribution in [3.05, 3.63) is 98.2 Å². The fraction of sp³-hybridized carbons (Fsp3) is 0.294. The molecular formula is C34H36Cl2N4O9. The van der Waals surface area contributed by atoms with Crippen LogP contribution in [0.4, 0.5) is 4.79 Å². The highest BCUT2D eigenvalue weighted by Crippen LogP contribution is 2.35. The van der Waals surface area contributed by atoms with Gasteiger partial charge < -0.3 is 39.4 Å². The molecule has 0 spiro atoms. The lowest BCUT2D eigenvalue weighted by Gasteiger charge is -2.28. The molecule has 4 rings (SSSR count). The number of hydrogen-bond donors (Lipinski definition) is 4. The number of carbonyl (C=O) groups is 3. The minimum atomic E-state index is -1.25. The molecule has 49 heavy (non-hydrogen) atoms. The third-order valence-corrected chi connectivity index (χ3v) is 7.48. The number of halogens is 2. The van der Waals surface area contributed by atoms with E-state index in [1.54, 1.807) is 69.3 Å². The van der Waals surface area contributed by atoms with Gasteiger partial charge in [-0.05, 0) is 68.3 Å². The van der Waals surface area contributed by atoms with Crippen LogP contribution in [0.2, 0.25) is 10.0 Å². The molecular weight excluding hydrogens is 679 g/mol. The number of amides is 2. The number of hydrogen-bond acceptors (Lipinski definition) is 11. The summed E-state index contributed by atoms with van der Waals surface area (Å²) >= 11 is 12.6. The van der Waals surface area contributed by atoms with E-state index in [4.69, 9.17) is 46.9 Å². The first-order valence-corrected chi connectivity index (χ1v) is 15.9. The van der Waals surface area contributed by atoms with E-state index >= 15 is 0 Å². The number of nitrogens with one attached hydrogen (secondary N) is 3. The van der Waals surface area contributed by atoms with E-state index < -0.39 is 30.2 Å². The quantitative estimate of drug-likeness (QED) is 0.0705. The Hall–Kier alpha value is -4.98. The van der Waals surface area contributed by atoms with Gasteiger partial charge in [0.2, 0.25) is 0 Å². The highest BCUT2D eigenvalue weighted by Gasteiger charge is 2.32. The molecule has 0 saturated heterocycles. The summed E-state index contributed by atoms with van der Waals surface area (Å²) in [5.74, 6) is -0.0542. The van der Waals surface area contributed by atoms with Crippen LogP contribution in [-0.4, -0.2) is 62.4 Å². The molecule has 0 fully saturated rings. The fourth-order valence-corrected chi connectivity index (χ4v) is 5.31. The van der Waals surface area contributed by atoms with Crippen LogP contribution in [0.1, 0.15) is 53.9 Å². The molecule has 0 aromatic heterocycles. The Balaban J connectivity index is 1.40. The topological polar surface area (TPSA) is 166 Å². The number of ether oxygens (including phenoxy) is 5. The van der Waals surface area contributed by atoms with Crippen molar-refractivity contribution in [3.8, 4) is 17.2 Å². The lowest BCUT2D eigenvalue weighted by molar-refractivity contribution is -0.136. The second-order valence-electron chi connectivity index (χ2n) is 10.4. The van der Waals surface area contributed by atoms with E-state index in [0.29, 0.717) is 51.3 Å². The molecule has 1 aliphatic rings. The van der Waals surface area contributed by atoms with Crippen molar-refractivity contribution in [2.45, 2.75) is 39.6 Å². The van der Waals surface area contributed by atoms with Gasteiger partial charge in [-0.2, -0.15) is 5.10 Å². The van der Waals surface area contributed by atoms with Crippen LogP contribution >= 0.6 is 23.2 Å². The summed E-state index contributed by atoms with van der Waals surface area (Å²) in [6.07, 6.45) is 0.144. The lowest BCUT2D eigenvalue weighted by atomic mass is 9.95. The summed E-state index contributed by atoms with van der Waals surface area (Å²) < 4.78 is 27.5. The Morgan fingerprint density at radius 3 is 2.45 bits per heavy atom. The summed E-state index contributed by atoms with van der Waals surface area (Å²) in [7, 11) is 1.26. The number of urea groups is 1. The van der Waals surface area contributed by atoms with Crippen LogP contribution in [0.25, 0.3) is 0 Å². The van der Waals surface area contributed by atoms with E-state index in [1.807, 2.05) is 0 Å². The summed E-state index contributed by atoms with van der Waals surface area (Å²) in [6.45, 7) is 5.64. The average Bonchev–Trinajstić information content (AvgIpc) is 3.07. The lowest BCUT2D eigenvalue weighted by Crippen LogP contribution is -2.45. The van der Waals surface area contributed by atoms with E-state index in [0.717, 1.165) is 5.56 Å². The van der Waals surface area contributed by atoms with Gasteiger partial charge in [0.1, 0.15) is 19.0 Å². The molecule has 2 amide bonds. The van der Waals surface area contributed by atoms with Gasteiger partial charge in [-0.25, -0.2) is 14.4 Å². The maximum atomic E-state index is 12.5. The summed E-state index contributed by atoms with van der Waals surface area (Å²) in [4.78, 5) is 36.6. The number of aliphatic hydroxyl groups is 1. The highest BCUT2D eigenvalue weighted by molar-refractivity contribution is 6.36. The van der Waals surface area contributed by atoms with E-state index in [1.165, 1.54) is 19.4 Å². The number of nitrogens with zero attached hydrogens (tertiary/aromatic N) is 1. The van der Waals surface area contributed by atoms with Gasteiger partial charge in [0.25, 0.3) is 0 Å². The Morgan fingerprint density at radius 1 is 1.00 bits per heavy atom. The van der Waals surface area contributed by atoms with Gasteiger partial charge in [-0.15, -0.1) is 0 Å². The second-order valence-corrected chi connectivity index (χ2v) is 11.3. The number of aliphatic hydroxyl groups excluding tert-OH is 1. The van der Waals surface area contributed by atoms with Crippen LogP contribution in [0.5, 0.6) is 17.2 Å². The largest absolute Gasteiger partial charge is 0.490 e. The maximum Gasteiger partial charge on any atom is 0.338 e. The van der Waals surface area contributed by atoms with Crippen molar-refractivity contribution in [2.75, 3.05) is 26.9 Å². The van der Waals surface area contributed by atoms with Gasteiger partial charge >= 0.3 is 18.0 Å². The minimum Gasteiger partial charge on any atom is -0.490 e. The number of benzene rings is 3. The predicted molar refractivity (Wildman–Crippen MR) is 182 cm³/mol. The Labute approximate surface area is 293 Å². The third-order valence-electron chi connectivity index (χ3n) is 6.98. The molecule has 3 aromatic rings. The highest BCUT2D eigenvalue weighted by atomic mass is 35.5. The molecule has 1 aliphatic heterocycles. The van der Waals surface area contributed by atoms with Crippen molar-refractivity contribution < 1.29 is 43.2 Å². The standard InChI is InChI=1S/C34H36Cl2N4O9/c1-5-46-27-14-22(30-29(33(43)45-4)19(3)38-34(44)39-30)11-12-26(27)48-18-28(41)40-37-16-23-13-24(35)15-25(36)31(23)49-17-20-7-9-21(10-8-20)32(42)47-6-2/h7-16,28,30,40-41H,5-6,17-18H2,1-4H3,(H2,38,39,44)/b37-16+/t28-,30+/m1/s1. The van der Waals surface area contributed by atoms with Crippen LogP contribution in [-0.2, 0) is 20.9 Å². The molecule has 4 N–H and O–H groups in total. The molecule has 0 bridgehead atoms. The zero-order valence-corrected chi connectivity index (χ0v) is 28.7. The molecule has 260 valence electrons. The number of hydrazone groups is 1. The van der Waals surface area contributed by atoms with Crippen LogP contribution < -0.4 is 30.3 Å². The smallest absolute Gasteiger partial charge is 0.338 e. The maximum absolute atomic E-state index is 12.5. The van der Waals surface area contributed by atoms with E-state index in [9.17, 15) is 19.5 Å². The molecule has 3 aromatic carbocycles. The zero-order chi connectivity index (χ0) is 35.5. The van der Waals surface area contributed by atoms with Crippen molar-refractivity contribution in [1.82, 2.24) is 16.1 Å². The van der Waals surface area contributed by atoms with Crippen LogP contribution in [0, 0.1) is 0 Å². The van der Waals surface area contributed by atoms with Crippen molar-refractivity contribution in [1.29, 1.82) is 0 Å². The van der Waals surface area contributed by atoms with Crippen molar-refractivity contribution in [2.24, 2.45) is 5.10 Å². The first-order chi connectivity index (χ1) is 23.5. The summed E-state index contributed by atoms with van der Waals surface area (Å²) in [6, 6.07) is 13.6. The number of esters is 2. The fourth-order valence-electron chi connectivity index (χ4n) is 4.75. The number of allylic oxidation sites excluding steroid dienone is 1. The average molecular weight is 716 g/mol. The molecule has 1 heterocycles. The van der Waals surface area contributed by atoms with E-state index in [2.05, 4.69) is 21.2 Å². The SMILES string of the molecule is CCOC(=O)c1ccc(COc2c(Cl)cc(Cl)cc2/C=N/N[C@H](O)COc2ccc([C@@H]3NC(=O)NC(C)=C3C(=O)OC)cc2OCC)cc1. The minimum absolute atomic E-state index is 0.139. The monoisotopic (exact) mass is 714 g/mol. The molecule has 13 nitrogen and oxygen atoms in total. The first-order valence-electron chi connectivity index (χ1n) is 15.1. The van der Waals surface area contributed by atoms with Gasteiger partial charge in [0.05, 0.1) is 48.7 Å². The molecule has 0 unspecified atom stereocenters. The summed E-state index contributed by atoms with van der Waals surface area (Å²) in [5, 5.41) is 20.6. The van der Waals surface area contributed by atoms with Gasteiger partial charge in [0, 0.05) is 16.3 Å². The van der Waals surface area contributed by atoms with Crippen LogP contribution in [0.15, 0.2) is 71.0 Å². The Morgan fingerprint density at radius 2 is 1.76 bits per heavy atom. The number of rotatable bonds is 15. The zero-order valence-electron chi connectivity index (χ0n) is 27.2. The number of carbonyl (C=O) groups excluding carboxylic acids is 3. The molecule has 2 atom stereocenters. The normalized spacial score (nSPS) is 14.8. The Bertz CT molecular complexity index is 1730. The third kappa shape index (κ3) is 9.78. The van der Waals surface area contributed by atoms with Gasteiger partial charge in [0.15, 0.2) is 17.7 Å². The Kier molecular flexibility index (Phi) is 13.1. The molecule has 0 saturated carbocycles. The van der Waals surface area contributed by atoms with Crippen molar-refractivity contribution in [3.63, 3.8) is 0 Å². The van der Waals surface area contributed by atoms with Crippen molar-refractivity contribution >= 4 is 47.4 Å². The van der Waals surface area contributed by atoms with Crippen LogP contribution in [0.3, 0.4) is 0 Å². The molecule has 0 radical (unpaired) electrons. The number of methoxy groups -OCH3 is 1. The molecule has 0 aliphatic carbocycles. The molecule has 15 heteroatoms. The van der Waals surface area contributed by atoms with Gasteiger partial charge in [-0.3, -0.25) is 5.43 Å². The second kappa shape index (κ2) is 17.4. The first kappa shape index (κ1) is 36.8. The van der Waals surface area contributed by atoms with Gasteiger partial charge in [-0.1, -0.05) is 41.4 Å². The summed E-state index contributed by atoms with van der Waals surface area (Å²) in [5.41, 5.74) is 5.40. The van der Waals surface area contributed by atoms with E-state index in [-0.39, 0.29) is 30.4 Å². The predicted octanol–water partition coefficient (Wildman–Crippen LogP) is 5.27.